The topological polar surface area (TPSA) is 63.9 Å². The molecule has 21 heavy (non-hydrogen) atoms. The van der Waals surface area contributed by atoms with Gasteiger partial charge in [0, 0.05) is 16.7 Å². The number of anilines is 1. The maximum absolute atomic E-state index is 5.84. The predicted octanol–water partition coefficient (Wildman–Crippen LogP) is 3.82. The van der Waals surface area contributed by atoms with Crippen LogP contribution in [0.3, 0.4) is 0 Å². The Morgan fingerprint density at radius 1 is 1.14 bits per heavy atom. The van der Waals surface area contributed by atoms with Crippen LogP contribution in [0.1, 0.15) is 0 Å². The van der Waals surface area contributed by atoms with Crippen LogP contribution < -0.4 is 10.5 Å². The molecule has 3 aromatic rings. The van der Waals surface area contributed by atoms with Gasteiger partial charge in [-0.2, -0.15) is 5.10 Å². The standard InChI is InChI=1S/C16H15N3OS/c1-20-14-9-11(13-10-18-19-16(13)17)7-8-15(14)21-12-5-3-2-4-6-12/h2-10H,1H3,(H3,17,18,19). The van der Waals surface area contributed by atoms with Crippen LogP contribution in [0.25, 0.3) is 11.1 Å². The van der Waals surface area contributed by atoms with Crippen LogP contribution in [0.5, 0.6) is 5.75 Å². The van der Waals surface area contributed by atoms with Gasteiger partial charge in [-0.05, 0) is 29.8 Å². The minimum absolute atomic E-state index is 0.487. The molecule has 0 atom stereocenters. The van der Waals surface area contributed by atoms with Crippen LogP contribution in [-0.4, -0.2) is 17.3 Å². The van der Waals surface area contributed by atoms with Gasteiger partial charge in [0.25, 0.3) is 0 Å². The lowest BCUT2D eigenvalue weighted by Gasteiger charge is -2.10. The lowest BCUT2D eigenvalue weighted by atomic mass is 10.1. The zero-order valence-corrected chi connectivity index (χ0v) is 12.4. The van der Waals surface area contributed by atoms with E-state index in [-0.39, 0.29) is 0 Å². The highest BCUT2D eigenvalue weighted by Crippen LogP contribution is 2.38. The number of hydrogen-bond donors (Lipinski definition) is 2. The Morgan fingerprint density at radius 2 is 1.95 bits per heavy atom. The molecule has 1 heterocycles. The first-order chi connectivity index (χ1) is 10.3. The number of ether oxygens (including phenoxy) is 1. The van der Waals surface area contributed by atoms with E-state index in [0.29, 0.717) is 5.82 Å². The van der Waals surface area contributed by atoms with E-state index in [0.717, 1.165) is 21.8 Å². The fourth-order valence-electron chi connectivity index (χ4n) is 2.07. The second-order valence-corrected chi connectivity index (χ2v) is 5.58. The van der Waals surface area contributed by atoms with Gasteiger partial charge in [-0.1, -0.05) is 36.0 Å². The number of aromatic amines is 1. The van der Waals surface area contributed by atoms with Crippen LogP contribution in [0.4, 0.5) is 5.82 Å². The molecule has 0 saturated heterocycles. The van der Waals surface area contributed by atoms with Gasteiger partial charge in [-0.25, -0.2) is 0 Å². The smallest absolute Gasteiger partial charge is 0.153 e. The number of nitrogens with zero attached hydrogens (tertiary/aromatic N) is 1. The second-order valence-electron chi connectivity index (χ2n) is 4.46. The van der Waals surface area contributed by atoms with E-state index in [4.69, 9.17) is 10.5 Å². The lowest BCUT2D eigenvalue weighted by molar-refractivity contribution is 0.405. The monoisotopic (exact) mass is 297 g/mol. The summed E-state index contributed by atoms with van der Waals surface area (Å²) in [4.78, 5) is 2.24. The minimum Gasteiger partial charge on any atom is -0.496 e. The van der Waals surface area contributed by atoms with E-state index in [1.165, 1.54) is 4.90 Å². The van der Waals surface area contributed by atoms with Crippen molar-refractivity contribution in [3.05, 3.63) is 54.7 Å². The lowest BCUT2D eigenvalue weighted by Crippen LogP contribution is -1.90. The number of aromatic nitrogens is 2. The Labute approximate surface area is 127 Å². The molecular formula is C16H15N3OS. The number of nitrogens with two attached hydrogens (primary N) is 1. The Kier molecular flexibility index (Phi) is 3.83. The predicted molar refractivity (Wildman–Crippen MR) is 85.6 cm³/mol. The molecule has 4 nitrogen and oxygen atoms in total. The fraction of sp³-hybridized carbons (Fsp3) is 0.0625. The third kappa shape index (κ3) is 2.87. The molecule has 1 aromatic heterocycles. The van der Waals surface area contributed by atoms with Crippen LogP contribution in [0.15, 0.2) is 64.5 Å². The molecule has 0 aliphatic rings. The number of nitrogen functional groups attached to an aromatic ring is 1. The first-order valence-electron chi connectivity index (χ1n) is 6.48. The number of H-pyrrole nitrogens is 1. The van der Waals surface area contributed by atoms with Gasteiger partial charge in [0.15, 0.2) is 5.82 Å². The Bertz CT molecular complexity index is 740. The van der Waals surface area contributed by atoms with Gasteiger partial charge < -0.3 is 10.5 Å². The third-order valence-electron chi connectivity index (χ3n) is 3.12. The van der Waals surface area contributed by atoms with Crippen molar-refractivity contribution < 1.29 is 4.74 Å². The molecule has 0 fully saturated rings. The van der Waals surface area contributed by atoms with Crippen molar-refractivity contribution in [2.24, 2.45) is 0 Å². The average molecular weight is 297 g/mol. The molecule has 0 bridgehead atoms. The van der Waals surface area contributed by atoms with Gasteiger partial charge in [0.2, 0.25) is 0 Å². The minimum atomic E-state index is 0.487. The number of methoxy groups -OCH3 is 1. The Hall–Kier alpha value is -2.40. The highest BCUT2D eigenvalue weighted by atomic mass is 32.2. The van der Waals surface area contributed by atoms with Gasteiger partial charge in [0.1, 0.15) is 5.75 Å². The maximum atomic E-state index is 5.84. The molecule has 0 radical (unpaired) electrons. The van der Waals surface area contributed by atoms with E-state index in [1.807, 2.05) is 36.4 Å². The summed E-state index contributed by atoms with van der Waals surface area (Å²) >= 11 is 1.67. The van der Waals surface area contributed by atoms with Gasteiger partial charge in [-0.15, -0.1) is 0 Å². The summed E-state index contributed by atoms with van der Waals surface area (Å²) in [5.41, 5.74) is 7.70. The summed E-state index contributed by atoms with van der Waals surface area (Å²) in [5, 5.41) is 6.71. The first-order valence-corrected chi connectivity index (χ1v) is 7.30. The molecule has 2 aromatic carbocycles. The molecule has 0 aliphatic carbocycles. The molecule has 0 aliphatic heterocycles. The van der Waals surface area contributed by atoms with Gasteiger partial charge >= 0.3 is 0 Å². The van der Waals surface area contributed by atoms with Crippen LogP contribution in [0, 0.1) is 0 Å². The number of rotatable bonds is 4. The molecular weight excluding hydrogens is 282 g/mol. The quantitative estimate of drug-likeness (QED) is 0.768. The van der Waals surface area contributed by atoms with Crippen molar-refractivity contribution in [2.75, 3.05) is 12.8 Å². The number of benzene rings is 2. The largest absolute Gasteiger partial charge is 0.496 e. The summed E-state index contributed by atoms with van der Waals surface area (Å²) in [6, 6.07) is 16.2. The summed E-state index contributed by atoms with van der Waals surface area (Å²) in [6.45, 7) is 0. The SMILES string of the molecule is COc1cc(-c2c[nH]nc2N)ccc1Sc1ccccc1. The van der Waals surface area contributed by atoms with E-state index >= 15 is 0 Å². The van der Waals surface area contributed by atoms with Crippen molar-refractivity contribution in [3.8, 4) is 16.9 Å². The normalized spacial score (nSPS) is 10.5. The molecule has 3 N–H and O–H groups in total. The van der Waals surface area contributed by atoms with Gasteiger partial charge in [-0.3, -0.25) is 5.10 Å². The second kappa shape index (κ2) is 5.93. The molecule has 0 spiro atoms. The summed E-state index contributed by atoms with van der Waals surface area (Å²) in [5.74, 6) is 1.31. The molecule has 5 heteroatoms. The molecule has 106 valence electrons. The first kappa shape index (κ1) is 13.6. The molecule has 3 rings (SSSR count). The van der Waals surface area contributed by atoms with Crippen LogP contribution in [0.2, 0.25) is 0 Å². The number of hydrogen-bond acceptors (Lipinski definition) is 4. The summed E-state index contributed by atoms with van der Waals surface area (Å²) < 4.78 is 5.50. The van der Waals surface area contributed by atoms with E-state index in [2.05, 4.69) is 22.3 Å². The summed E-state index contributed by atoms with van der Waals surface area (Å²) in [6.07, 6.45) is 1.79. The average Bonchev–Trinajstić information content (AvgIpc) is 2.95. The van der Waals surface area contributed by atoms with Crippen molar-refractivity contribution in [2.45, 2.75) is 9.79 Å². The zero-order chi connectivity index (χ0) is 14.7. The van der Waals surface area contributed by atoms with Crippen molar-refractivity contribution in [3.63, 3.8) is 0 Å². The zero-order valence-electron chi connectivity index (χ0n) is 11.5. The number of nitrogens with one attached hydrogen (secondary N) is 1. The van der Waals surface area contributed by atoms with E-state index < -0.39 is 0 Å². The van der Waals surface area contributed by atoms with Gasteiger partial charge in [0.05, 0.1) is 12.0 Å². The van der Waals surface area contributed by atoms with Crippen molar-refractivity contribution >= 4 is 17.6 Å². The van der Waals surface area contributed by atoms with E-state index in [1.54, 1.807) is 25.1 Å². The maximum Gasteiger partial charge on any atom is 0.153 e. The van der Waals surface area contributed by atoms with E-state index in [9.17, 15) is 0 Å². The van der Waals surface area contributed by atoms with Crippen LogP contribution in [-0.2, 0) is 0 Å². The molecule has 0 saturated carbocycles. The summed E-state index contributed by atoms with van der Waals surface area (Å²) in [7, 11) is 1.67. The molecule has 0 amide bonds. The molecule has 0 unspecified atom stereocenters. The Balaban J connectivity index is 1.95. The highest BCUT2D eigenvalue weighted by molar-refractivity contribution is 7.99. The van der Waals surface area contributed by atoms with Crippen LogP contribution >= 0.6 is 11.8 Å². The van der Waals surface area contributed by atoms with Crippen molar-refractivity contribution in [1.29, 1.82) is 0 Å². The van der Waals surface area contributed by atoms with Crippen molar-refractivity contribution in [1.82, 2.24) is 10.2 Å². The fourth-order valence-corrected chi connectivity index (χ4v) is 2.99. The third-order valence-corrected chi connectivity index (χ3v) is 4.18. The Morgan fingerprint density at radius 3 is 2.62 bits per heavy atom. The highest BCUT2D eigenvalue weighted by Gasteiger charge is 2.10.